The molecule has 0 spiro atoms. The van der Waals surface area contributed by atoms with E-state index in [1.807, 2.05) is 13.8 Å². The van der Waals surface area contributed by atoms with Gasteiger partial charge in [0.2, 0.25) is 10.0 Å². The van der Waals surface area contributed by atoms with Crippen molar-refractivity contribution in [3.8, 4) is 0 Å². The van der Waals surface area contributed by atoms with E-state index in [9.17, 15) is 8.42 Å². The maximum atomic E-state index is 12.5. The lowest BCUT2D eigenvalue weighted by Gasteiger charge is -2.33. The molecule has 0 radical (unpaired) electrons. The molecule has 1 aromatic carbocycles. The van der Waals surface area contributed by atoms with Gasteiger partial charge in [-0.1, -0.05) is 43.5 Å². The Morgan fingerprint density at radius 3 is 2.39 bits per heavy atom. The van der Waals surface area contributed by atoms with E-state index in [1.54, 1.807) is 19.2 Å². The van der Waals surface area contributed by atoms with Crippen molar-refractivity contribution >= 4 is 53.5 Å². The molecule has 0 saturated heterocycles. The van der Waals surface area contributed by atoms with Gasteiger partial charge in [0, 0.05) is 22.4 Å². The van der Waals surface area contributed by atoms with Gasteiger partial charge >= 0.3 is 0 Å². The van der Waals surface area contributed by atoms with Crippen LogP contribution in [0.25, 0.3) is 0 Å². The summed E-state index contributed by atoms with van der Waals surface area (Å²) in [6.45, 7) is 3.68. The van der Waals surface area contributed by atoms with Crippen molar-refractivity contribution in [3.05, 3.63) is 27.7 Å². The Kier molecular flexibility index (Phi) is 5.29. The highest BCUT2D eigenvalue weighted by Gasteiger charge is 2.34. The summed E-state index contributed by atoms with van der Waals surface area (Å²) < 4.78 is 27.0. The molecule has 0 atom stereocenters. The summed E-state index contributed by atoms with van der Waals surface area (Å²) in [5.74, 6) is 0. The highest BCUT2D eigenvalue weighted by Crippen LogP contribution is 2.30. The summed E-state index contributed by atoms with van der Waals surface area (Å²) in [6.07, 6.45) is 0. The molecular formula is C11H14Br2ClNO2S. The minimum absolute atomic E-state index is 0.115. The Balaban J connectivity index is 3.30. The zero-order valence-electron chi connectivity index (χ0n) is 10.2. The molecule has 0 N–H and O–H groups in total. The van der Waals surface area contributed by atoms with Crippen LogP contribution in [0.2, 0.25) is 5.02 Å². The van der Waals surface area contributed by atoms with Gasteiger partial charge in [-0.05, 0) is 32.0 Å². The molecule has 0 fully saturated rings. The molecule has 0 unspecified atom stereocenters. The van der Waals surface area contributed by atoms with Crippen LogP contribution in [-0.4, -0.2) is 30.6 Å². The van der Waals surface area contributed by atoms with Crippen molar-refractivity contribution in [2.75, 3.05) is 12.4 Å². The molecule has 3 nitrogen and oxygen atoms in total. The quantitative estimate of drug-likeness (QED) is 0.695. The van der Waals surface area contributed by atoms with Crippen molar-refractivity contribution in [2.24, 2.45) is 0 Å². The molecule has 0 aromatic heterocycles. The van der Waals surface area contributed by atoms with E-state index in [0.717, 1.165) is 4.47 Å². The van der Waals surface area contributed by atoms with Crippen molar-refractivity contribution in [2.45, 2.75) is 24.3 Å². The highest BCUT2D eigenvalue weighted by atomic mass is 79.9. The van der Waals surface area contributed by atoms with Gasteiger partial charge in [0.25, 0.3) is 0 Å². The van der Waals surface area contributed by atoms with E-state index >= 15 is 0 Å². The van der Waals surface area contributed by atoms with Crippen LogP contribution in [-0.2, 0) is 10.0 Å². The number of rotatable bonds is 4. The normalized spacial score (nSPS) is 13.1. The first-order chi connectivity index (χ1) is 8.13. The van der Waals surface area contributed by atoms with Gasteiger partial charge in [-0.3, -0.25) is 0 Å². The number of benzene rings is 1. The minimum atomic E-state index is -3.61. The Bertz CT molecular complexity index is 546. The van der Waals surface area contributed by atoms with Gasteiger partial charge in [0.15, 0.2) is 0 Å². The van der Waals surface area contributed by atoms with Crippen LogP contribution in [0, 0.1) is 0 Å². The first-order valence-electron chi connectivity index (χ1n) is 5.13. The number of alkyl halides is 1. The van der Waals surface area contributed by atoms with Crippen LogP contribution in [0.5, 0.6) is 0 Å². The van der Waals surface area contributed by atoms with Gasteiger partial charge in [0.1, 0.15) is 4.90 Å². The summed E-state index contributed by atoms with van der Waals surface area (Å²) in [5, 5.41) is 0.741. The Morgan fingerprint density at radius 1 is 1.39 bits per heavy atom. The third-order valence-electron chi connectivity index (χ3n) is 2.71. The van der Waals surface area contributed by atoms with Crippen LogP contribution in [0.4, 0.5) is 0 Å². The maximum Gasteiger partial charge on any atom is 0.244 e. The third-order valence-corrected chi connectivity index (χ3v) is 7.13. The minimum Gasteiger partial charge on any atom is -0.207 e. The second-order valence-corrected chi connectivity index (χ2v) is 8.31. The molecule has 7 heteroatoms. The van der Waals surface area contributed by atoms with Crippen LogP contribution < -0.4 is 0 Å². The third kappa shape index (κ3) is 3.28. The summed E-state index contributed by atoms with van der Waals surface area (Å²) in [6, 6.07) is 4.74. The lowest BCUT2D eigenvalue weighted by atomic mass is 10.1. The maximum absolute atomic E-state index is 12.5. The molecule has 0 aliphatic rings. The second kappa shape index (κ2) is 5.79. The van der Waals surface area contributed by atoms with Crippen LogP contribution in [0.1, 0.15) is 13.8 Å². The average molecular weight is 420 g/mol. The molecule has 1 rings (SSSR count). The molecule has 0 aliphatic heterocycles. The zero-order chi connectivity index (χ0) is 14.1. The number of hydrogen-bond donors (Lipinski definition) is 0. The Labute approximate surface area is 130 Å². The lowest BCUT2D eigenvalue weighted by Crippen LogP contribution is -2.46. The van der Waals surface area contributed by atoms with E-state index in [-0.39, 0.29) is 9.92 Å². The van der Waals surface area contributed by atoms with Gasteiger partial charge < -0.3 is 0 Å². The fourth-order valence-electron chi connectivity index (χ4n) is 1.24. The molecule has 0 aliphatic carbocycles. The predicted molar refractivity (Wildman–Crippen MR) is 82.0 cm³/mol. The van der Waals surface area contributed by atoms with Crippen LogP contribution in [0.15, 0.2) is 27.6 Å². The monoisotopic (exact) mass is 417 g/mol. The Morgan fingerprint density at radius 2 is 1.94 bits per heavy atom. The van der Waals surface area contributed by atoms with Gasteiger partial charge in [-0.15, -0.1) is 0 Å². The molecule has 1 aromatic rings. The highest BCUT2D eigenvalue weighted by molar-refractivity contribution is 9.10. The van der Waals surface area contributed by atoms with Crippen molar-refractivity contribution < 1.29 is 8.42 Å². The van der Waals surface area contributed by atoms with Crippen LogP contribution in [0.3, 0.4) is 0 Å². The fourth-order valence-corrected chi connectivity index (χ4v) is 4.31. The first-order valence-corrected chi connectivity index (χ1v) is 8.86. The zero-order valence-corrected chi connectivity index (χ0v) is 15.0. The number of nitrogens with zero attached hydrogens (tertiary/aromatic N) is 1. The van der Waals surface area contributed by atoms with Crippen molar-refractivity contribution in [1.29, 1.82) is 0 Å². The lowest BCUT2D eigenvalue weighted by molar-refractivity contribution is 0.299. The molecule has 0 bridgehead atoms. The van der Waals surface area contributed by atoms with Gasteiger partial charge in [-0.2, -0.15) is 4.31 Å². The number of hydrogen-bond acceptors (Lipinski definition) is 2. The molecule has 0 saturated carbocycles. The Hall–Kier alpha value is 0.380. The van der Waals surface area contributed by atoms with Crippen molar-refractivity contribution in [1.82, 2.24) is 4.31 Å². The summed E-state index contributed by atoms with van der Waals surface area (Å²) in [7, 11) is -2.06. The second-order valence-electron chi connectivity index (χ2n) is 4.49. The van der Waals surface area contributed by atoms with E-state index in [0.29, 0.717) is 5.33 Å². The van der Waals surface area contributed by atoms with E-state index < -0.39 is 15.6 Å². The largest absolute Gasteiger partial charge is 0.244 e. The topological polar surface area (TPSA) is 37.4 Å². The number of halogens is 3. The molecule has 0 amide bonds. The fraction of sp³-hybridized carbons (Fsp3) is 0.455. The standard InChI is InChI=1S/C11H14Br2ClNO2S/c1-11(2,7-12)15(3)18(16,17)10-5-4-8(13)6-9(10)14/h4-6H,7H2,1-3H3. The summed E-state index contributed by atoms with van der Waals surface area (Å²) in [4.78, 5) is 0.115. The molecule has 0 heterocycles. The van der Waals surface area contributed by atoms with E-state index in [4.69, 9.17) is 11.6 Å². The summed E-state index contributed by atoms with van der Waals surface area (Å²) >= 11 is 12.6. The first kappa shape index (κ1) is 16.4. The molecule has 18 heavy (non-hydrogen) atoms. The van der Waals surface area contributed by atoms with Crippen LogP contribution >= 0.6 is 43.5 Å². The van der Waals surface area contributed by atoms with Crippen molar-refractivity contribution in [3.63, 3.8) is 0 Å². The number of sulfonamides is 1. The van der Waals surface area contributed by atoms with Gasteiger partial charge in [-0.25, -0.2) is 8.42 Å². The predicted octanol–water partition coefficient (Wildman–Crippen LogP) is 3.90. The molecule has 102 valence electrons. The van der Waals surface area contributed by atoms with E-state index in [1.165, 1.54) is 10.4 Å². The summed E-state index contributed by atoms with van der Waals surface area (Å²) in [5.41, 5.74) is -0.533. The SMILES string of the molecule is CN(C(C)(C)CBr)S(=O)(=O)c1ccc(Br)cc1Cl. The van der Waals surface area contributed by atoms with E-state index in [2.05, 4.69) is 31.9 Å². The smallest absolute Gasteiger partial charge is 0.207 e. The average Bonchev–Trinajstić information content (AvgIpc) is 2.27. The van der Waals surface area contributed by atoms with Gasteiger partial charge in [0.05, 0.1) is 5.02 Å². The molecular weight excluding hydrogens is 405 g/mol.